The summed E-state index contributed by atoms with van der Waals surface area (Å²) in [6.07, 6.45) is 0. The average molecular weight is 266 g/mol. The first-order chi connectivity index (χ1) is 9.24. The third kappa shape index (κ3) is 5.19. The molecule has 0 amide bonds. The van der Waals surface area contributed by atoms with Crippen LogP contribution in [0.1, 0.15) is 25.0 Å². The molecule has 0 radical (unpaired) electrons. The molecule has 0 aliphatic rings. The highest BCUT2D eigenvalue weighted by molar-refractivity contribution is 5.37. The SMILES string of the molecule is CCOCCN(CC)Cc1ccc(CN)c(OC)c1. The number of hydrogen-bond donors (Lipinski definition) is 1. The number of hydrogen-bond acceptors (Lipinski definition) is 4. The van der Waals surface area contributed by atoms with E-state index in [1.807, 2.05) is 13.0 Å². The predicted octanol–water partition coefficient (Wildman–Crippen LogP) is 2.01. The molecule has 0 aromatic heterocycles. The van der Waals surface area contributed by atoms with Gasteiger partial charge in [0.2, 0.25) is 0 Å². The van der Waals surface area contributed by atoms with E-state index in [-0.39, 0.29) is 0 Å². The minimum atomic E-state index is 0.505. The third-order valence-electron chi connectivity index (χ3n) is 3.18. The van der Waals surface area contributed by atoms with Crippen molar-refractivity contribution in [3.8, 4) is 5.75 Å². The number of ether oxygens (including phenoxy) is 2. The molecule has 0 atom stereocenters. The van der Waals surface area contributed by atoms with E-state index < -0.39 is 0 Å². The summed E-state index contributed by atoms with van der Waals surface area (Å²) in [6, 6.07) is 6.24. The van der Waals surface area contributed by atoms with E-state index in [4.69, 9.17) is 15.2 Å². The quantitative estimate of drug-likeness (QED) is 0.695. The van der Waals surface area contributed by atoms with Crippen LogP contribution < -0.4 is 10.5 Å². The summed E-state index contributed by atoms with van der Waals surface area (Å²) in [4.78, 5) is 2.35. The lowest BCUT2D eigenvalue weighted by molar-refractivity contribution is 0.113. The van der Waals surface area contributed by atoms with Crippen molar-refractivity contribution < 1.29 is 9.47 Å². The molecule has 4 heteroatoms. The molecule has 0 fully saturated rings. The lowest BCUT2D eigenvalue weighted by Gasteiger charge is -2.21. The molecular weight excluding hydrogens is 240 g/mol. The lowest BCUT2D eigenvalue weighted by Crippen LogP contribution is -2.27. The second kappa shape index (κ2) is 8.91. The van der Waals surface area contributed by atoms with Gasteiger partial charge in [0.15, 0.2) is 0 Å². The molecule has 1 aromatic rings. The molecule has 0 saturated carbocycles. The molecule has 1 rings (SSSR count). The van der Waals surface area contributed by atoms with Crippen LogP contribution in [0.3, 0.4) is 0 Å². The molecule has 108 valence electrons. The summed E-state index contributed by atoms with van der Waals surface area (Å²) >= 11 is 0. The van der Waals surface area contributed by atoms with E-state index >= 15 is 0 Å². The van der Waals surface area contributed by atoms with Crippen molar-refractivity contribution in [2.75, 3.05) is 33.4 Å². The molecule has 0 aliphatic heterocycles. The molecule has 0 saturated heterocycles. The maximum absolute atomic E-state index is 5.68. The molecule has 0 spiro atoms. The van der Waals surface area contributed by atoms with Gasteiger partial charge >= 0.3 is 0 Å². The maximum Gasteiger partial charge on any atom is 0.123 e. The molecule has 1 aromatic carbocycles. The van der Waals surface area contributed by atoms with Crippen molar-refractivity contribution in [2.45, 2.75) is 26.9 Å². The molecule has 0 bridgehead atoms. The van der Waals surface area contributed by atoms with Crippen LogP contribution in [0.2, 0.25) is 0 Å². The van der Waals surface area contributed by atoms with Crippen molar-refractivity contribution in [1.29, 1.82) is 0 Å². The number of nitrogens with zero attached hydrogens (tertiary/aromatic N) is 1. The van der Waals surface area contributed by atoms with Crippen molar-refractivity contribution in [3.63, 3.8) is 0 Å². The largest absolute Gasteiger partial charge is 0.496 e. The zero-order chi connectivity index (χ0) is 14.1. The van der Waals surface area contributed by atoms with Gasteiger partial charge in [-0.15, -0.1) is 0 Å². The van der Waals surface area contributed by atoms with E-state index in [0.29, 0.717) is 6.54 Å². The van der Waals surface area contributed by atoms with Gasteiger partial charge in [-0.3, -0.25) is 4.90 Å². The van der Waals surface area contributed by atoms with Gasteiger partial charge in [-0.25, -0.2) is 0 Å². The van der Waals surface area contributed by atoms with Gasteiger partial charge in [-0.05, 0) is 25.1 Å². The minimum absolute atomic E-state index is 0.505. The highest BCUT2D eigenvalue weighted by Gasteiger charge is 2.07. The number of methoxy groups -OCH3 is 1. The van der Waals surface area contributed by atoms with Crippen LogP contribution in [0.15, 0.2) is 18.2 Å². The van der Waals surface area contributed by atoms with Crippen molar-refractivity contribution >= 4 is 0 Å². The highest BCUT2D eigenvalue weighted by Crippen LogP contribution is 2.20. The van der Waals surface area contributed by atoms with Crippen LogP contribution in [0.5, 0.6) is 5.75 Å². The van der Waals surface area contributed by atoms with Crippen LogP contribution >= 0.6 is 0 Å². The van der Waals surface area contributed by atoms with E-state index in [2.05, 4.69) is 24.0 Å². The Bertz CT molecular complexity index is 369. The van der Waals surface area contributed by atoms with Gasteiger partial charge in [-0.1, -0.05) is 19.1 Å². The van der Waals surface area contributed by atoms with Gasteiger partial charge < -0.3 is 15.2 Å². The van der Waals surface area contributed by atoms with Crippen LogP contribution in [0, 0.1) is 0 Å². The summed E-state index contributed by atoms with van der Waals surface area (Å²) in [5.41, 5.74) is 7.97. The van der Waals surface area contributed by atoms with E-state index in [9.17, 15) is 0 Å². The molecule has 2 N–H and O–H groups in total. The van der Waals surface area contributed by atoms with E-state index in [1.165, 1.54) is 5.56 Å². The lowest BCUT2D eigenvalue weighted by atomic mass is 10.1. The minimum Gasteiger partial charge on any atom is -0.496 e. The smallest absolute Gasteiger partial charge is 0.123 e. The fourth-order valence-electron chi connectivity index (χ4n) is 2.00. The molecular formula is C15H26N2O2. The fourth-order valence-corrected chi connectivity index (χ4v) is 2.00. The van der Waals surface area contributed by atoms with Crippen LogP contribution in [-0.4, -0.2) is 38.3 Å². The van der Waals surface area contributed by atoms with E-state index in [0.717, 1.165) is 44.2 Å². The summed E-state index contributed by atoms with van der Waals surface area (Å²) in [7, 11) is 1.69. The summed E-state index contributed by atoms with van der Waals surface area (Å²) < 4.78 is 10.8. The summed E-state index contributed by atoms with van der Waals surface area (Å²) in [6.45, 7) is 9.11. The summed E-state index contributed by atoms with van der Waals surface area (Å²) in [5, 5.41) is 0. The standard InChI is InChI=1S/C15H26N2O2/c1-4-17(8-9-19-5-2)12-13-6-7-14(11-16)15(10-13)18-3/h6-7,10H,4-5,8-9,11-12,16H2,1-3H3. The van der Waals surface area contributed by atoms with Gasteiger partial charge in [0.25, 0.3) is 0 Å². The van der Waals surface area contributed by atoms with Gasteiger partial charge in [0.05, 0.1) is 13.7 Å². The van der Waals surface area contributed by atoms with Crippen LogP contribution in [-0.2, 0) is 17.8 Å². The first-order valence-corrected chi connectivity index (χ1v) is 6.91. The average Bonchev–Trinajstić information content (AvgIpc) is 2.46. The predicted molar refractivity (Wildman–Crippen MR) is 78.3 cm³/mol. The molecule has 0 heterocycles. The van der Waals surface area contributed by atoms with Crippen LogP contribution in [0.25, 0.3) is 0 Å². The zero-order valence-electron chi connectivity index (χ0n) is 12.3. The Hall–Kier alpha value is -1.10. The summed E-state index contributed by atoms with van der Waals surface area (Å²) in [5.74, 6) is 0.876. The monoisotopic (exact) mass is 266 g/mol. The first-order valence-electron chi connectivity index (χ1n) is 6.91. The van der Waals surface area contributed by atoms with Gasteiger partial charge in [0, 0.05) is 31.8 Å². The normalized spacial score (nSPS) is 11.0. The van der Waals surface area contributed by atoms with Gasteiger partial charge in [0.1, 0.15) is 5.75 Å². The Morgan fingerprint density at radius 1 is 1.26 bits per heavy atom. The number of nitrogens with two attached hydrogens (primary N) is 1. The molecule has 4 nitrogen and oxygen atoms in total. The Labute approximate surface area is 116 Å². The second-order valence-electron chi connectivity index (χ2n) is 4.42. The highest BCUT2D eigenvalue weighted by atomic mass is 16.5. The molecule has 19 heavy (non-hydrogen) atoms. The van der Waals surface area contributed by atoms with Crippen LogP contribution in [0.4, 0.5) is 0 Å². The third-order valence-corrected chi connectivity index (χ3v) is 3.18. The molecule has 0 unspecified atom stereocenters. The Balaban J connectivity index is 2.63. The topological polar surface area (TPSA) is 47.7 Å². The van der Waals surface area contributed by atoms with Crippen molar-refractivity contribution in [2.24, 2.45) is 5.73 Å². The molecule has 0 aliphatic carbocycles. The Morgan fingerprint density at radius 2 is 2.05 bits per heavy atom. The van der Waals surface area contributed by atoms with Crippen molar-refractivity contribution in [3.05, 3.63) is 29.3 Å². The maximum atomic E-state index is 5.68. The number of rotatable bonds is 9. The number of benzene rings is 1. The Kier molecular flexibility index (Phi) is 7.48. The van der Waals surface area contributed by atoms with Gasteiger partial charge in [-0.2, -0.15) is 0 Å². The second-order valence-corrected chi connectivity index (χ2v) is 4.42. The zero-order valence-corrected chi connectivity index (χ0v) is 12.3. The van der Waals surface area contributed by atoms with Crippen molar-refractivity contribution in [1.82, 2.24) is 4.90 Å². The Morgan fingerprint density at radius 3 is 2.63 bits per heavy atom. The number of likely N-dealkylation sites (N-methyl/N-ethyl adjacent to an activating group) is 1. The first kappa shape index (κ1) is 16.0. The fraction of sp³-hybridized carbons (Fsp3) is 0.600. The van der Waals surface area contributed by atoms with E-state index in [1.54, 1.807) is 7.11 Å².